The number of esters is 1. The quantitative estimate of drug-likeness (QED) is 0.748. The van der Waals surface area contributed by atoms with Crippen LogP contribution in [0.15, 0.2) is 48.5 Å². The van der Waals surface area contributed by atoms with Crippen LogP contribution in [0.4, 0.5) is 5.69 Å². The van der Waals surface area contributed by atoms with Crippen LogP contribution in [-0.4, -0.2) is 31.6 Å². The van der Waals surface area contributed by atoms with Crippen molar-refractivity contribution in [1.82, 2.24) is 0 Å². The number of fused-ring (bicyclic) bond motifs is 1. The molecule has 0 saturated carbocycles. The molecule has 0 bridgehead atoms. The maximum atomic E-state index is 12.4. The standard InChI is InChI=1S/C21H23NO4/c1-16-8-10-18(11-9-16)25-14-12-21(24)26-15-20(23)22-13-4-6-17-5-2-3-7-19(17)22/h2-3,5,7-11H,4,6,12-15H2,1H3. The number of carbonyl (C=O) groups is 2. The van der Waals surface area contributed by atoms with Crippen molar-refractivity contribution in [1.29, 1.82) is 0 Å². The molecular weight excluding hydrogens is 330 g/mol. The van der Waals surface area contributed by atoms with Gasteiger partial charge in [-0.25, -0.2) is 0 Å². The number of carbonyl (C=O) groups excluding carboxylic acids is 2. The highest BCUT2D eigenvalue weighted by Crippen LogP contribution is 2.26. The highest BCUT2D eigenvalue weighted by atomic mass is 16.5. The Bertz CT molecular complexity index is 770. The summed E-state index contributed by atoms with van der Waals surface area (Å²) >= 11 is 0. The minimum Gasteiger partial charge on any atom is -0.493 e. The molecule has 2 aromatic carbocycles. The summed E-state index contributed by atoms with van der Waals surface area (Å²) in [5, 5.41) is 0. The van der Waals surface area contributed by atoms with Crippen LogP contribution in [0.5, 0.6) is 5.75 Å². The molecule has 0 radical (unpaired) electrons. The van der Waals surface area contributed by atoms with Gasteiger partial charge in [0, 0.05) is 12.2 Å². The van der Waals surface area contributed by atoms with Crippen LogP contribution in [-0.2, 0) is 20.7 Å². The smallest absolute Gasteiger partial charge is 0.309 e. The van der Waals surface area contributed by atoms with Gasteiger partial charge in [-0.2, -0.15) is 0 Å². The molecule has 0 unspecified atom stereocenters. The fourth-order valence-electron chi connectivity index (χ4n) is 2.97. The van der Waals surface area contributed by atoms with Crippen LogP contribution in [0.2, 0.25) is 0 Å². The highest BCUT2D eigenvalue weighted by Gasteiger charge is 2.22. The van der Waals surface area contributed by atoms with Gasteiger partial charge in [0.1, 0.15) is 5.75 Å². The Labute approximate surface area is 153 Å². The van der Waals surface area contributed by atoms with Crippen molar-refractivity contribution in [3.63, 3.8) is 0 Å². The highest BCUT2D eigenvalue weighted by molar-refractivity contribution is 5.96. The number of ether oxygens (including phenoxy) is 2. The van der Waals surface area contributed by atoms with Crippen molar-refractivity contribution < 1.29 is 19.1 Å². The van der Waals surface area contributed by atoms with Crippen LogP contribution in [0.3, 0.4) is 0 Å². The van der Waals surface area contributed by atoms with Crippen LogP contribution in [0.25, 0.3) is 0 Å². The normalized spacial score (nSPS) is 13.0. The topological polar surface area (TPSA) is 55.8 Å². The van der Waals surface area contributed by atoms with Crippen LogP contribution in [0, 0.1) is 6.92 Å². The van der Waals surface area contributed by atoms with Gasteiger partial charge in [0.15, 0.2) is 6.61 Å². The van der Waals surface area contributed by atoms with E-state index < -0.39 is 5.97 Å². The van der Waals surface area contributed by atoms with E-state index in [2.05, 4.69) is 0 Å². The van der Waals surface area contributed by atoms with Gasteiger partial charge in [-0.3, -0.25) is 9.59 Å². The zero-order chi connectivity index (χ0) is 18.4. The molecular formula is C21H23NO4. The molecule has 0 atom stereocenters. The van der Waals surface area contributed by atoms with Crippen LogP contribution < -0.4 is 9.64 Å². The van der Waals surface area contributed by atoms with E-state index in [9.17, 15) is 9.59 Å². The zero-order valence-corrected chi connectivity index (χ0v) is 14.9. The van der Waals surface area contributed by atoms with Gasteiger partial charge in [-0.1, -0.05) is 35.9 Å². The summed E-state index contributed by atoms with van der Waals surface area (Å²) in [7, 11) is 0. The van der Waals surface area contributed by atoms with E-state index in [4.69, 9.17) is 9.47 Å². The third-order valence-corrected chi connectivity index (χ3v) is 4.36. The molecule has 0 spiro atoms. The van der Waals surface area contributed by atoms with E-state index in [-0.39, 0.29) is 25.5 Å². The molecule has 1 amide bonds. The average molecular weight is 353 g/mol. The summed E-state index contributed by atoms with van der Waals surface area (Å²) in [4.78, 5) is 26.0. The number of hydrogen-bond acceptors (Lipinski definition) is 4. The molecule has 0 aromatic heterocycles. The maximum Gasteiger partial charge on any atom is 0.309 e. The number of rotatable bonds is 6. The van der Waals surface area contributed by atoms with Gasteiger partial charge in [0.2, 0.25) is 0 Å². The second-order valence-corrected chi connectivity index (χ2v) is 6.35. The average Bonchev–Trinajstić information content (AvgIpc) is 2.67. The fourth-order valence-corrected chi connectivity index (χ4v) is 2.97. The summed E-state index contributed by atoms with van der Waals surface area (Å²) in [5.41, 5.74) is 3.22. The first-order chi connectivity index (χ1) is 12.6. The van der Waals surface area contributed by atoms with E-state index in [1.165, 1.54) is 0 Å². The van der Waals surface area contributed by atoms with E-state index in [1.54, 1.807) is 4.90 Å². The minimum absolute atomic E-state index is 0.109. The minimum atomic E-state index is -0.434. The maximum absolute atomic E-state index is 12.4. The van der Waals surface area contributed by atoms with Crippen molar-refractivity contribution >= 4 is 17.6 Å². The van der Waals surface area contributed by atoms with Crippen LogP contribution >= 0.6 is 0 Å². The van der Waals surface area contributed by atoms with E-state index >= 15 is 0 Å². The first kappa shape index (κ1) is 18.0. The molecule has 0 saturated heterocycles. The molecule has 0 fully saturated rings. The van der Waals surface area contributed by atoms with Gasteiger partial charge in [0.05, 0.1) is 13.0 Å². The molecule has 3 rings (SSSR count). The lowest BCUT2D eigenvalue weighted by Crippen LogP contribution is -2.38. The molecule has 136 valence electrons. The Kier molecular flexibility index (Phi) is 5.89. The summed E-state index contributed by atoms with van der Waals surface area (Å²) in [6.07, 6.45) is 1.99. The molecule has 1 heterocycles. The number of aryl methyl sites for hydroxylation is 2. The Hall–Kier alpha value is -2.82. The summed E-state index contributed by atoms with van der Waals surface area (Å²) < 4.78 is 10.6. The fraction of sp³-hybridized carbons (Fsp3) is 0.333. The molecule has 5 nitrogen and oxygen atoms in total. The van der Waals surface area contributed by atoms with Crippen molar-refractivity contribution in [3.05, 3.63) is 59.7 Å². The predicted molar refractivity (Wildman–Crippen MR) is 99.4 cm³/mol. The zero-order valence-electron chi connectivity index (χ0n) is 14.9. The number of para-hydroxylation sites is 1. The molecule has 26 heavy (non-hydrogen) atoms. The number of hydrogen-bond donors (Lipinski definition) is 0. The van der Waals surface area contributed by atoms with Gasteiger partial charge < -0.3 is 14.4 Å². The van der Waals surface area contributed by atoms with Gasteiger partial charge in [-0.05, 0) is 43.5 Å². The number of benzene rings is 2. The molecule has 2 aromatic rings. The van der Waals surface area contributed by atoms with Crippen molar-refractivity contribution in [3.8, 4) is 5.75 Å². The number of nitrogens with zero attached hydrogens (tertiary/aromatic N) is 1. The Morgan fingerprint density at radius 2 is 1.85 bits per heavy atom. The first-order valence-corrected chi connectivity index (χ1v) is 8.87. The lowest BCUT2D eigenvalue weighted by atomic mass is 10.0. The number of amides is 1. The third-order valence-electron chi connectivity index (χ3n) is 4.36. The lowest BCUT2D eigenvalue weighted by Gasteiger charge is -2.29. The second-order valence-electron chi connectivity index (χ2n) is 6.35. The molecule has 1 aliphatic rings. The van der Waals surface area contributed by atoms with Gasteiger partial charge >= 0.3 is 5.97 Å². The summed E-state index contributed by atoms with van der Waals surface area (Å²) in [5.74, 6) is 0.0881. The van der Waals surface area contributed by atoms with Crippen molar-refractivity contribution in [2.24, 2.45) is 0 Å². The molecule has 5 heteroatoms. The van der Waals surface area contributed by atoms with Gasteiger partial charge in [-0.15, -0.1) is 0 Å². The summed E-state index contributed by atoms with van der Waals surface area (Å²) in [6.45, 7) is 2.64. The monoisotopic (exact) mass is 353 g/mol. The Morgan fingerprint density at radius 1 is 1.08 bits per heavy atom. The third kappa shape index (κ3) is 4.63. The van der Waals surface area contributed by atoms with E-state index in [0.29, 0.717) is 12.3 Å². The molecule has 1 aliphatic heterocycles. The van der Waals surface area contributed by atoms with E-state index in [0.717, 1.165) is 29.7 Å². The predicted octanol–water partition coefficient (Wildman–Crippen LogP) is 3.29. The summed E-state index contributed by atoms with van der Waals surface area (Å²) in [6, 6.07) is 15.5. The molecule has 0 N–H and O–H groups in total. The number of anilines is 1. The van der Waals surface area contributed by atoms with E-state index in [1.807, 2.05) is 55.5 Å². The SMILES string of the molecule is Cc1ccc(OCCC(=O)OCC(=O)N2CCCc3ccccc32)cc1. The molecule has 0 aliphatic carbocycles. The Morgan fingerprint density at radius 3 is 2.65 bits per heavy atom. The Balaban J connectivity index is 1.43. The van der Waals surface area contributed by atoms with Crippen molar-refractivity contribution in [2.45, 2.75) is 26.2 Å². The van der Waals surface area contributed by atoms with Crippen LogP contribution in [0.1, 0.15) is 24.0 Å². The van der Waals surface area contributed by atoms with Gasteiger partial charge in [0.25, 0.3) is 5.91 Å². The largest absolute Gasteiger partial charge is 0.493 e. The first-order valence-electron chi connectivity index (χ1n) is 8.87. The van der Waals surface area contributed by atoms with Crippen molar-refractivity contribution in [2.75, 3.05) is 24.7 Å². The second kappa shape index (κ2) is 8.52. The lowest BCUT2D eigenvalue weighted by molar-refractivity contribution is -0.148.